The van der Waals surface area contributed by atoms with E-state index in [0.717, 1.165) is 4.90 Å². The van der Waals surface area contributed by atoms with Gasteiger partial charge in [0.2, 0.25) is 0 Å². The zero-order valence-corrected chi connectivity index (χ0v) is 4.23. The van der Waals surface area contributed by atoms with E-state index < -0.39 is 0 Å². The molecule has 0 fully saturated rings. The van der Waals surface area contributed by atoms with Crippen molar-refractivity contribution in [3.63, 3.8) is 0 Å². The Hall–Kier alpha value is -0.370. The molecule has 0 aliphatic heterocycles. The molecular formula is C4H10N2. The van der Waals surface area contributed by atoms with Crippen LogP contribution >= 0.6 is 0 Å². The van der Waals surface area contributed by atoms with E-state index in [1.807, 2.05) is 7.05 Å². The van der Waals surface area contributed by atoms with E-state index in [1.54, 1.807) is 13.4 Å². The summed E-state index contributed by atoms with van der Waals surface area (Å²) in [4.78, 5) is 4.71. The fourth-order valence-corrected chi connectivity index (χ4v) is 0.220. The van der Waals surface area contributed by atoms with Gasteiger partial charge >= 0.3 is 0 Å². The highest BCUT2D eigenvalue weighted by molar-refractivity contribution is 5.42. The van der Waals surface area contributed by atoms with Gasteiger partial charge in [0.05, 0.1) is 0 Å². The van der Waals surface area contributed by atoms with Gasteiger partial charge in [-0.25, -0.2) is 4.99 Å². The van der Waals surface area contributed by atoms with E-state index in [9.17, 15) is 0 Å². The molecule has 0 spiro atoms. The second-order valence-corrected chi connectivity index (χ2v) is 1.23. The van der Waals surface area contributed by atoms with Crippen molar-refractivity contribution >= 4 is 6.34 Å². The van der Waals surface area contributed by atoms with Crippen LogP contribution in [0.25, 0.3) is 0 Å². The van der Waals surface area contributed by atoms with E-state index in [-0.39, 0.29) is 0 Å². The summed E-state index contributed by atoms with van der Waals surface area (Å²) in [6.45, 7) is 0. The van der Waals surface area contributed by atoms with Crippen LogP contribution in [0.3, 0.4) is 0 Å². The number of hydrogen-bond donors (Lipinski definition) is 1. The van der Waals surface area contributed by atoms with Crippen molar-refractivity contribution in [3.8, 4) is 0 Å². The first-order valence-corrected chi connectivity index (χ1v) is 1.85. The van der Waals surface area contributed by atoms with E-state index in [0.29, 0.717) is 0 Å². The fraction of sp³-hybridized carbons (Fsp3) is 0.500. The van der Waals surface area contributed by atoms with Crippen molar-refractivity contribution in [2.24, 2.45) is 4.99 Å². The van der Waals surface area contributed by atoms with Crippen molar-refractivity contribution in [3.05, 3.63) is 7.05 Å². The highest BCUT2D eigenvalue weighted by Gasteiger charge is 1.66. The second kappa shape index (κ2) is 2.85. The molecule has 0 rings (SSSR count). The third-order valence-electron chi connectivity index (χ3n) is 0.349. The summed E-state index contributed by atoms with van der Waals surface area (Å²) >= 11 is 0. The van der Waals surface area contributed by atoms with Crippen LogP contribution in [0.5, 0.6) is 0 Å². The Kier molecular flexibility index (Phi) is 2.67. The van der Waals surface area contributed by atoms with Crippen molar-refractivity contribution in [1.82, 2.24) is 0 Å². The van der Waals surface area contributed by atoms with Crippen LogP contribution in [0.15, 0.2) is 4.99 Å². The van der Waals surface area contributed by atoms with E-state index >= 15 is 0 Å². The highest BCUT2D eigenvalue weighted by Crippen LogP contribution is 1.32. The van der Waals surface area contributed by atoms with E-state index in [1.165, 1.54) is 0 Å². The largest absolute Gasteiger partial charge is 0.427 e. The molecule has 0 heterocycles. The number of nitrogens with one attached hydrogen (secondary N) is 1. The lowest BCUT2D eigenvalue weighted by Crippen LogP contribution is -3.02. The maximum Gasteiger partial charge on any atom is 0.156 e. The predicted octanol–water partition coefficient (Wildman–Crippen LogP) is -1.05. The van der Waals surface area contributed by atoms with Gasteiger partial charge in [-0.3, -0.25) is 0 Å². The van der Waals surface area contributed by atoms with Gasteiger partial charge in [0.1, 0.15) is 0 Å². The van der Waals surface area contributed by atoms with Crippen molar-refractivity contribution in [2.75, 3.05) is 14.1 Å². The molecule has 0 radical (unpaired) electrons. The minimum Gasteiger partial charge on any atom is -0.427 e. The Labute approximate surface area is 38.5 Å². The zero-order chi connectivity index (χ0) is 4.99. The van der Waals surface area contributed by atoms with Gasteiger partial charge in [-0.1, -0.05) is 0 Å². The topological polar surface area (TPSA) is 16.8 Å². The van der Waals surface area contributed by atoms with Crippen LogP contribution in [0.4, 0.5) is 0 Å². The molecule has 0 aromatic carbocycles. The van der Waals surface area contributed by atoms with Gasteiger partial charge < -0.3 is 4.90 Å². The van der Waals surface area contributed by atoms with Crippen molar-refractivity contribution in [2.45, 2.75) is 0 Å². The van der Waals surface area contributed by atoms with Gasteiger partial charge in [0, 0.05) is 14.1 Å². The number of nitrogens with zero attached hydrogens (tertiary/aromatic N) is 1. The Balaban J connectivity index is 3.03. The summed E-state index contributed by atoms with van der Waals surface area (Å²) < 4.78 is 0. The van der Waals surface area contributed by atoms with Gasteiger partial charge in [-0.15, -0.1) is 7.05 Å². The molecule has 0 aliphatic rings. The zero-order valence-electron chi connectivity index (χ0n) is 4.23. The molecule has 0 aromatic heterocycles. The molecule has 36 valence electrons. The Morgan fingerprint density at radius 2 is 2.33 bits per heavy atom. The second-order valence-electron chi connectivity index (χ2n) is 1.23. The molecule has 1 N–H and O–H groups in total. The third-order valence-corrected chi connectivity index (χ3v) is 0.349. The molecule has 6 heavy (non-hydrogen) atoms. The summed E-state index contributed by atoms with van der Waals surface area (Å²) in [7, 11) is 7.24. The highest BCUT2D eigenvalue weighted by atomic mass is 15.1. The minimum atomic E-state index is 0.998. The first-order chi connectivity index (χ1) is 2.77. The van der Waals surface area contributed by atoms with Crippen molar-refractivity contribution in [1.29, 1.82) is 0 Å². The Morgan fingerprint density at radius 3 is 2.33 bits per heavy atom. The van der Waals surface area contributed by atoms with Crippen LogP contribution in [-0.2, 0) is 0 Å². The quantitative estimate of drug-likeness (QED) is 0.238. The molecule has 1 atom stereocenters. The summed E-state index contributed by atoms with van der Waals surface area (Å²) in [5, 5.41) is 0. The molecule has 2 nitrogen and oxygen atoms in total. The average molecular weight is 86.1 g/mol. The van der Waals surface area contributed by atoms with Crippen LogP contribution in [-0.4, -0.2) is 20.4 Å². The molecule has 2 heteroatoms. The van der Waals surface area contributed by atoms with E-state index in [4.69, 9.17) is 0 Å². The number of quaternary nitrogens is 1. The maximum atomic E-state index is 3.71. The Bertz CT molecular complexity index is 47.5. The standard InChI is InChI=1S/C4H10N2/c1-5-4-6(2)3/h4,6H,2H2,1,3H3. The first-order valence-electron chi connectivity index (χ1n) is 1.85. The number of rotatable bonds is 1. The lowest BCUT2D eigenvalue weighted by molar-refractivity contribution is -0.720. The Morgan fingerprint density at radius 1 is 1.83 bits per heavy atom. The van der Waals surface area contributed by atoms with Crippen LogP contribution in [0, 0.1) is 7.05 Å². The van der Waals surface area contributed by atoms with Gasteiger partial charge in [-0.2, -0.15) is 0 Å². The molecule has 0 aromatic rings. The normalized spacial score (nSPS) is 15.8. The van der Waals surface area contributed by atoms with Crippen LogP contribution in [0.1, 0.15) is 0 Å². The monoisotopic (exact) mass is 86.1 g/mol. The summed E-state index contributed by atoms with van der Waals surface area (Å²) in [5.41, 5.74) is 0. The molecule has 1 unspecified atom stereocenters. The molecule has 0 aliphatic carbocycles. The molecular weight excluding hydrogens is 76.1 g/mol. The third kappa shape index (κ3) is 3.63. The maximum absolute atomic E-state index is 3.71. The summed E-state index contributed by atoms with van der Waals surface area (Å²) in [6, 6.07) is 0. The fourth-order valence-electron chi connectivity index (χ4n) is 0.220. The molecule has 0 saturated heterocycles. The molecule has 0 bridgehead atoms. The smallest absolute Gasteiger partial charge is 0.156 e. The lowest BCUT2D eigenvalue weighted by Gasteiger charge is -2.01. The van der Waals surface area contributed by atoms with Crippen LogP contribution in [0.2, 0.25) is 0 Å². The molecule has 0 saturated carbocycles. The number of aliphatic imine (C=N–C) groups is 1. The van der Waals surface area contributed by atoms with Crippen LogP contribution < -0.4 is 4.90 Å². The van der Waals surface area contributed by atoms with Gasteiger partial charge in [-0.05, 0) is 0 Å². The first kappa shape index (κ1) is 5.63. The summed E-state index contributed by atoms with van der Waals surface area (Å²) in [5.74, 6) is 0. The SMILES string of the molecule is [CH2-][NH+](C)C=NC. The minimum absolute atomic E-state index is 0.998. The summed E-state index contributed by atoms with van der Waals surface area (Å²) in [6.07, 6.45) is 1.72. The van der Waals surface area contributed by atoms with Crippen molar-refractivity contribution < 1.29 is 4.90 Å². The van der Waals surface area contributed by atoms with Gasteiger partial charge in [0.25, 0.3) is 0 Å². The number of hydrogen-bond acceptors (Lipinski definition) is 1. The molecule has 0 amide bonds. The van der Waals surface area contributed by atoms with E-state index in [2.05, 4.69) is 12.0 Å². The predicted molar refractivity (Wildman–Crippen MR) is 26.7 cm³/mol. The lowest BCUT2D eigenvalue weighted by atomic mass is 10.9. The van der Waals surface area contributed by atoms with Gasteiger partial charge in [0.15, 0.2) is 6.34 Å². The average Bonchev–Trinajstić information content (AvgIpc) is 1.35.